The third-order valence-electron chi connectivity index (χ3n) is 4.55. The predicted octanol–water partition coefficient (Wildman–Crippen LogP) is 6.08. The third-order valence-corrected chi connectivity index (χ3v) is 7.29. The molecule has 3 aromatic carbocycles. The van der Waals surface area contributed by atoms with E-state index < -0.39 is 15.9 Å². The summed E-state index contributed by atoms with van der Waals surface area (Å²) in [6.07, 6.45) is 0. The van der Waals surface area contributed by atoms with Crippen molar-refractivity contribution < 1.29 is 13.2 Å². The SMILES string of the molecule is Cc1ccc(C)c(NS(=O)(=O)c2cc(C(=O)Nc3ccc(Br)c(Cl)c3)ccc2C)c1. The van der Waals surface area contributed by atoms with Gasteiger partial charge in [0, 0.05) is 15.7 Å². The zero-order valence-electron chi connectivity index (χ0n) is 16.6. The van der Waals surface area contributed by atoms with Gasteiger partial charge in [-0.15, -0.1) is 0 Å². The van der Waals surface area contributed by atoms with Crippen molar-refractivity contribution in [2.75, 3.05) is 10.0 Å². The van der Waals surface area contributed by atoms with Crippen LogP contribution in [0.4, 0.5) is 11.4 Å². The Morgan fingerprint density at radius 1 is 0.933 bits per heavy atom. The molecule has 0 saturated carbocycles. The average Bonchev–Trinajstić information content (AvgIpc) is 2.67. The van der Waals surface area contributed by atoms with E-state index in [0.29, 0.717) is 26.4 Å². The van der Waals surface area contributed by atoms with Gasteiger partial charge < -0.3 is 5.32 Å². The van der Waals surface area contributed by atoms with E-state index in [-0.39, 0.29) is 10.5 Å². The number of nitrogens with one attached hydrogen (secondary N) is 2. The zero-order chi connectivity index (χ0) is 22.1. The molecule has 0 aliphatic heterocycles. The van der Waals surface area contributed by atoms with Gasteiger partial charge in [0.25, 0.3) is 15.9 Å². The molecule has 8 heteroatoms. The van der Waals surface area contributed by atoms with E-state index in [1.165, 1.54) is 6.07 Å². The van der Waals surface area contributed by atoms with E-state index in [1.54, 1.807) is 43.3 Å². The summed E-state index contributed by atoms with van der Waals surface area (Å²) >= 11 is 9.36. The quantitative estimate of drug-likeness (QED) is 0.439. The molecule has 3 rings (SSSR count). The van der Waals surface area contributed by atoms with Crippen molar-refractivity contribution in [3.63, 3.8) is 0 Å². The van der Waals surface area contributed by atoms with Gasteiger partial charge in [0.05, 0.1) is 15.6 Å². The summed E-state index contributed by atoms with van der Waals surface area (Å²) in [7, 11) is -3.88. The van der Waals surface area contributed by atoms with E-state index in [1.807, 2.05) is 26.0 Å². The number of carbonyl (C=O) groups is 1. The summed E-state index contributed by atoms with van der Waals surface area (Å²) in [5.74, 6) is -0.434. The van der Waals surface area contributed by atoms with Crippen molar-refractivity contribution in [1.29, 1.82) is 0 Å². The summed E-state index contributed by atoms with van der Waals surface area (Å²) in [6.45, 7) is 5.41. The minimum absolute atomic E-state index is 0.0462. The lowest BCUT2D eigenvalue weighted by molar-refractivity contribution is 0.102. The maximum Gasteiger partial charge on any atom is 0.262 e. The van der Waals surface area contributed by atoms with E-state index >= 15 is 0 Å². The molecule has 1 amide bonds. The lowest BCUT2D eigenvalue weighted by Crippen LogP contribution is -2.17. The van der Waals surface area contributed by atoms with Crippen molar-refractivity contribution in [3.8, 4) is 0 Å². The van der Waals surface area contributed by atoms with Gasteiger partial charge in [0.15, 0.2) is 0 Å². The smallest absolute Gasteiger partial charge is 0.262 e. The Morgan fingerprint density at radius 2 is 1.63 bits per heavy atom. The first kappa shape index (κ1) is 22.3. The number of benzene rings is 3. The fraction of sp³-hybridized carbons (Fsp3) is 0.136. The second kappa shape index (κ2) is 8.79. The van der Waals surface area contributed by atoms with Crippen molar-refractivity contribution in [3.05, 3.63) is 86.3 Å². The van der Waals surface area contributed by atoms with Crippen LogP contribution < -0.4 is 10.0 Å². The molecule has 0 unspecified atom stereocenters. The highest BCUT2D eigenvalue weighted by Crippen LogP contribution is 2.27. The third kappa shape index (κ3) is 5.03. The van der Waals surface area contributed by atoms with Crippen molar-refractivity contribution >= 4 is 54.8 Å². The molecular weight excluding hydrogens is 488 g/mol. The molecule has 156 valence electrons. The lowest BCUT2D eigenvalue weighted by Gasteiger charge is -2.14. The molecule has 5 nitrogen and oxygen atoms in total. The first-order chi connectivity index (χ1) is 14.1. The molecule has 0 atom stereocenters. The van der Waals surface area contributed by atoms with Crippen LogP contribution in [-0.4, -0.2) is 14.3 Å². The first-order valence-electron chi connectivity index (χ1n) is 9.04. The van der Waals surface area contributed by atoms with Crippen molar-refractivity contribution in [2.45, 2.75) is 25.7 Å². The number of halogens is 2. The van der Waals surface area contributed by atoms with Gasteiger partial charge in [-0.25, -0.2) is 8.42 Å². The average molecular weight is 508 g/mol. The standard InChI is InChI=1S/C22H20BrClN2O3S/c1-13-4-5-14(2)20(10-13)26-30(28,29)21-11-16(7-6-15(21)3)22(27)25-17-8-9-18(23)19(24)12-17/h4-12,26H,1-3H3,(H,25,27). The molecule has 0 radical (unpaired) electrons. The summed E-state index contributed by atoms with van der Waals surface area (Å²) < 4.78 is 29.4. The zero-order valence-corrected chi connectivity index (χ0v) is 19.7. The Hall–Kier alpha value is -2.35. The predicted molar refractivity (Wildman–Crippen MR) is 125 cm³/mol. The highest BCUT2D eigenvalue weighted by atomic mass is 79.9. The van der Waals surface area contributed by atoms with Gasteiger partial charge >= 0.3 is 0 Å². The first-order valence-corrected chi connectivity index (χ1v) is 11.7. The van der Waals surface area contributed by atoms with E-state index in [9.17, 15) is 13.2 Å². The molecular formula is C22H20BrClN2O3S. The topological polar surface area (TPSA) is 75.3 Å². The van der Waals surface area contributed by atoms with Crippen LogP contribution in [0, 0.1) is 20.8 Å². The van der Waals surface area contributed by atoms with Crippen LogP contribution in [0.15, 0.2) is 64.0 Å². The summed E-state index contributed by atoms with van der Waals surface area (Å²) in [4.78, 5) is 12.7. The van der Waals surface area contributed by atoms with Gasteiger partial charge in [0.1, 0.15) is 0 Å². The van der Waals surface area contributed by atoms with Crippen LogP contribution >= 0.6 is 27.5 Å². The van der Waals surface area contributed by atoms with Crippen LogP contribution in [0.1, 0.15) is 27.0 Å². The Morgan fingerprint density at radius 3 is 2.33 bits per heavy atom. The number of amides is 1. The minimum Gasteiger partial charge on any atom is -0.322 e. The number of anilines is 2. The molecule has 0 aliphatic carbocycles. The minimum atomic E-state index is -3.88. The summed E-state index contributed by atoms with van der Waals surface area (Å²) in [5.41, 5.74) is 3.52. The molecule has 0 bridgehead atoms. The normalized spacial score (nSPS) is 11.2. The van der Waals surface area contributed by atoms with Gasteiger partial charge in [0.2, 0.25) is 0 Å². The Labute approximate surface area is 189 Å². The van der Waals surface area contributed by atoms with E-state index in [0.717, 1.165) is 11.1 Å². The summed E-state index contributed by atoms with van der Waals surface area (Å²) in [6, 6.07) is 15.1. The highest BCUT2D eigenvalue weighted by Gasteiger charge is 2.20. The second-order valence-electron chi connectivity index (χ2n) is 6.99. The van der Waals surface area contributed by atoms with Crippen LogP contribution in [0.3, 0.4) is 0 Å². The number of carbonyl (C=O) groups excluding carboxylic acids is 1. The largest absolute Gasteiger partial charge is 0.322 e. The number of rotatable bonds is 5. The molecule has 0 fully saturated rings. The van der Waals surface area contributed by atoms with Gasteiger partial charge in [-0.2, -0.15) is 0 Å². The monoisotopic (exact) mass is 506 g/mol. The Kier molecular flexibility index (Phi) is 6.55. The van der Waals surface area contributed by atoms with Gasteiger partial charge in [-0.1, -0.05) is 29.8 Å². The van der Waals surface area contributed by atoms with Gasteiger partial charge in [-0.05, 0) is 89.8 Å². The number of hydrogen-bond acceptors (Lipinski definition) is 3. The molecule has 3 aromatic rings. The van der Waals surface area contributed by atoms with E-state index in [4.69, 9.17) is 11.6 Å². The van der Waals surface area contributed by atoms with Crippen LogP contribution in [0.5, 0.6) is 0 Å². The fourth-order valence-corrected chi connectivity index (χ4v) is 4.67. The maximum atomic E-state index is 13.0. The van der Waals surface area contributed by atoms with Gasteiger partial charge in [-0.3, -0.25) is 9.52 Å². The fourth-order valence-electron chi connectivity index (χ4n) is 2.85. The van der Waals surface area contributed by atoms with Crippen LogP contribution in [0.25, 0.3) is 0 Å². The highest BCUT2D eigenvalue weighted by molar-refractivity contribution is 9.10. The van der Waals surface area contributed by atoms with Crippen molar-refractivity contribution in [1.82, 2.24) is 0 Å². The Bertz CT molecular complexity index is 1240. The Balaban J connectivity index is 1.91. The molecule has 0 heterocycles. The number of hydrogen-bond donors (Lipinski definition) is 2. The molecule has 0 aliphatic rings. The number of sulfonamides is 1. The summed E-state index contributed by atoms with van der Waals surface area (Å²) in [5, 5.41) is 3.19. The lowest BCUT2D eigenvalue weighted by atomic mass is 10.1. The second-order valence-corrected chi connectivity index (χ2v) is 9.90. The molecule has 0 spiro atoms. The van der Waals surface area contributed by atoms with Crippen LogP contribution in [-0.2, 0) is 10.0 Å². The van der Waals surface area contributed by atoms with Crippen molar-refractivity contribution in [2.24, 2.45) is 0 Å². The molecule has 0 saturated heterocycles. The molecule has 0 aromatic heterocycles. The van der Waals surface area contributed by atoms with E-state index in [2.05, 4.69) is 26.0 Å². The molecule has 2 N–H and O–H groups in total. The molecule has 30 heavy (non-hydrogen) atoms. The maximum absolute atomic E-state index is 13.0. The number of aryl methyl sites for hydroxylation is 3. The van der Waals surface area contributed by atoms with Crippen LogP contribution in [0.2, 0.25) is 5.02 Å².